The van der Waals surface area contributed by atoms with Crippen LogP contribution in [0.4, 0.5) is 13.2 Å². The topological polar surface area (TPSA) is 94.5 Å². The van der Waals surface area contributed by atoms with Crippen LogP contribution in [0.2, 0.25) is 0 Å². The zero-order valence-electron chi connectivity index (χ0n) is 18.7. The van der Waals surface area contributed by atoms with E-state index >= 15 is 0 Å². The maximum absolute atomic E-state index is 13.3. The Morgan fingerprint density at radius 1 is 1.18 bits per heavy atom. The summed E-state index contributed by atoms with van der Waals surface area (Å²) in [6.45, 7) is 5.64. The van der Waals surface area contributed by atoms with E-state index in [0.717, 1.165) is 18.9 Å². The fraction of sp³-hybridized carbons (Fsp3) is 0.435. The van der Waals surface area contributed by atoms with Crippen molar-refractivity contribution in [2.75, 3.05) is 7.11 Å². The molecule has 33 heavy (non-hydrogen) atoms. The highest BCUT2D eigenvalue weighted by Gasteiger charge is 2.36. The molecule has 1 aliphatic heterocycles. The smallest absolute Gasteiger partial charge is 0.433 e. The quantitative estimate of drug-likeness (QED) is 0.590. The molecular weight excluding hydrogens is 437 g/mol. The van der Waals surface area contributed by atoms with Gasteiger partial charge in [-0.2, -0.15) is 13.2 Å². The number of nitrogens with two attached hydrogens (primary N) is 1. The van der Waals surface area contributed by atoms with Crippen molar-refractivity contribution < 1.29 is 27.1 Å². The lowest BCUT2D eigenvalue weighted by Gasteiger charge is -2.25. The normalized spacial score (nSPS) is 19.8. The van der Waals surface area contributed by atoms with Crippen molar-refractivity contribution in [2.24, 2.45) is 5.73 Å². The van der Waals surface area contributed by atoms with Crippen molar-refractivity contribution in [3.63, 3.8) is 0 Å². The molecule has 0 spiro atoms. The van der Waals surface area contributed by atoms with Gasteiger partial charge in [-0.1, -0.05) is 0 Å². The van der Waals surface area contributed by atoms with E-state index in [4.69, 9.17) is 14.9 Å². The maximum Gasteiger partial charge on any atom is 0.433 e. The molecule has 1 saturated heterocycles. The molecule has 3 atom stereocenters. The second-order valence-corrected chi connectivity index (χ2v) is 8.41. The molecule has 10 heteroatoms. The van der Waals surface area contributed by atoms with E-state index in [2.05, 4.69) is 9.97 Å². The molecule has 1 amide bonds. The van der Waals surface area contributed by atoms with E-state index in [9.17, 15) is 18.0 Å². The highest BCUT2D eigenvalue weighted by Crippen LogP contribution is 2.38. The number of halogens is 3. The summed E-state index contributed by atoms with van der Waals surface area (Å²) in [5.41, 5.74) is 5.55. The molecule has 0 saturated carbocycles. The van der Waals surface area contributed by atoms with Crippen molar-refractivity contribution in [1.29, 1.82) is 0 Å². The van der Waals surface area contributed by atoms with Crippen molar-refractivity contribution in [3.05, 3.63) is 41.4 Å². The number of alkyl halides is 3. The number of benzene rings is 1. The molecule has 1 aromatic carbocycles. The molecular formula is C23H25F3N4O3. The lowest BCUT2D eigenvalue weighted by Crippen LogP contribution is -2.39. The molecule has 0 aliphatic carbocycles. The van der Waals surface area contributed by atoms with E-state index in [1.807, 2.05) is 13.8 Å². The number of likely N-dealkylation sites (tertiary alicyclic amines) is 1. The lowest BCUT2D eigenvalue weighted by molar-refractivity contribution is -0.140. The number of methoxy groups -OCH3 is 1. The summed E-state index contributed by atoms with van der Waals surface area (Å²) in [4.78, 5) is 23.4. The lowest BCUT2D eigenvalue weighted by atomic mass is 10.1. The number of carbonyl (C=O) groups is 1. The Balaban J connectivity index is 1.87. The maximum atomic E-state index is 13.3. The van der Waals surface area contributed by atoms with Crippen LogP contribution in [0.25, 0.3) is 22.4 Å². The van der Waals surface area contributed by atoms with Crippen LogP contribution in [0, 0.1) is 0 Å². The molecule has 7 nitrogen and oxygen atoms in total. The Kier molecular flexibility index (Phi) is 5.81. The Morgan fingerprint density at radius 2 is 1.85 bits per heavy atom. The summed E-state index contributed by atoms with van der Waals surface area (Å²) >= 11 is 0. The minimum absolute atomic E-state index is 0.0139. The van der Waals surface area contributed by atoms with E-state index in [1.165, 1.54) is 19.2 Å². The average Bonchev–Trinajstić information content (AvgIpc) is 3.35. The number of oxazole rings is 1. The largest absolute Gasteiger partial charge is 0.494 e. The van der Waals surface area contributed by atoms with Gasteiger partial charge in [-0.25, -0.2) is 9.97 Å². The first-order valence-corrected chi connectivity index (χ1v) is 10.7. The predicted octanol–water partition coefficient (Wildman–Crippen LogP) is 4.95. The summed E-state index contributed by atoms with van der Waals surface area (Å²) in [6, 6.07) is 4.79. The third kappa shape index (κ3) is 4.03. The van der Waals surface area contributed by atoms with Gasteiger partial charge in [0.05, 0.1) is 13.2 Å². The number of aromatic nitrogens is 2. The zero-order chi connectivity index (χ0) is 24.1. The van der Waals surface area contributed by atoms with Crippen LogP contribution >= 0.6 is 0 Å². The standard InChI is InChI=1S/C23H25F3N4O3/c1-11-5-6-12(2)30(11)22(31)19-20(13(3)27)33-21(29-19)15-7-9-16(32-4)18-14(15)8-10-17(28-18)23(24,25)26/h7-13H,5-6,27H2,1-4H3/t11?,12?,13-/m0/s1. The third-order valence-corrected chi connectivity index (χ3v) is 6.02. The van der Waals surface area contributed by atoms with Gasteiger partial charge in [0.2, 0.25) is 5.89 Å². The first-order valence-electron chi connectivity index (χ1n) is 10.7. The van der Waals surface area contributed by atoms with E-state index in [0.29, 0.717) is 10.9 Å². The van der Waals surface area contributed by atoms with E-state index in [-0.39, 0.29) is 46.6 Å². The number of amides is 1. The van der Waals surface area contributed by atoms with Gasteiger partial charge >= 0.3 is 6.18 Å². The molecule has 3 heterocycles. The second kappa shape index (κ2) is 8.33. The molecule has 0 bridgehead atoms. The van der Waals surface area contributed by atoms with Crippen LogP contribution in [0.1, 0.15) is 61.6 Å². The molecule has 1 aliphatic rings. The number of rotatable bonds is 4. The number of nitrogens with zero attached hydrogens (tertiary/aromatic N) is 3. The molecule has 2 unspecified atom stereocenters. The van der Waals surface area contributed by atoms with Gasteiger partial charge in [-0.3, -0.25) is 4.79 Å². The zero-order valence-corrected chi connectivity index (χ0v) is 18.7. The number of fused-ring (bicyclic) bond motifs is 1. The highest BCUT2D eigenvalue weighted by atomic mass is 19.4. The Bertz CT molecular complexity index is 1200. The van der Waals surface area contributed by atoms with Crippen LogP contribution in [0.15, 0.2) is 28.7 Å². The molecule has 2 aromatic heterocycles. The highest BCUT2D eigenvalue weighted by molar-refractivity contribution is 5.98. The number of hydrogen-bond donors (Lipinski definition) is 1. The SMILES string of the molecule is COc1ccc(-c2nc(C(=O)N3C(C)CCC3C)c([C@H](C)N)o2)c2ccc(C(F)(F)F)nc12. The van der Waals surface area contributed by atoms with Crippen molar-refractivity contribution in [3.8, 4) is 17.2 Å². The molecule has 176 valence electrons. The monoisotopic (exact) mass is 462 g/mol. The Hall–Kier alpha value is -3.14. The van der Waals surface area contributed by atoms with Gasteiger partial charge in [-0.05, 0) is 57.9 Å². The Morgan fingerprint density at radius 3 is 2.42 bits per heavy atom. The number of hydrogen-bond acceptors (Lipinski definition) is 6. The van der Waals surface area contributed by atoms with Gasteiger partial charge in [-0.15, -0.1) is 0 Å². The molecule has 4 rings (SSSR count). The van der Waals surface area contributed by atoms with E-state index < -0.39 is 17.9 Å². The number of carbonyl (C=O) groups excluding carboxylic acids is 1. The molecule has 1 fully saturated rings. The van der Waals surface area contributed by atoms with Gasteiger partial charge in [0.25, 0.3) is 5.91 Å². The molecule has 3 aromatic rings. The van der Waals surface area contributed by atoms with Gasteiger partial charge in [0, 0.05) is 23.0 Å². The molecule has 0 radical (unpaired) electrons. The van der Waals surface area contributed by atoms with E-state index in [1.54, 1.807) is 17.9 Å². The van der Waals surface area contributed by atoms with Crippen molar-refractivity contribution in [1.82, 2.24) is 14.9 Å². The number of ether oxygens (including phenoxy) is 1. The summed E-state index contributed by atoms with van der Waals surface area (Å²) in [5.74, 6) is 0.212. The fourth-order valence-electron chi connectivity index (χ4n) is 4.33. The van der Waals surface area contributed by atoms with Gasteiger partial charge < -0.3 is 19.8 Å². The average molecular weight is 462 g/mol. The molecule has 2 N–H and O–H groups in total. The van der Waals surface area contributed by atoms with Gasteiger partial charge in [0.15, 0.2) is 11.5 Å². The number of pyridine rings is 1. The summed E-state index contributed by atoms with van der Waals surface area (Å²) in [7, 11) is 1.35. The Labute approximate surface area is 188 Å². The van der Waals surface area contributed by atoms with Gasteiger partial charge in [0.1, 0.15) is 17.0 Å². The van der Waals surface area contributed by atoms with Crippen LogP contribution in [0.5, 0.6) is 5.75 Å². The van der Waals surface area contributed by atoms with Crippen molar-refractivity contribution in [2.45, 2.75) is 57.9 Å². The fourth-order valence-corrected chi connectivity index (χ4v) is 4.33. The van der Waals surface area contributed by atoms with Crippen LogP contribution in [-0.4, -0.2) is 40.0 Å². The van der Waals surface area contributed by atoms with Crippen LogP contribution in [0.3, 0.4) is 0 Å². The van der Waals surface area contributed by atoms with Crippen LogP contribution in [-0.2, 0) is 6.18 Å². The third-order valence-electron chi connectivity index (χ3n) is 6.02. The minimum atomic E-state index is -4.61. The van der Waals surface area contributed by atoms with Crippen LogP contribution < -0.4 is 10.5 Å². The first kappa shape index (κ1) is 23.0. The predicted molar refractivity (Wildman–Crippen MR) is 116 cm³/mol. The summed E-state index contributed by atoms with van der Waals surface area (Å²) < 4.78 is 50.8. The first-order chi connectivity index (χ1) is 15.5. The second-order valence-electron chi connectivity index (χ2n) is 8.41. The summed E-state index contributed by atoms with van der Waals surface area (Å²) in [6.07, 6.45) is -2.83. The summed E-state index contributed by atoms with van der Waals surface area (Å²) in [5, 5.41) is 0.349. The minimum Gasteiger partial charge on any atom is -0.494 e. The van der Waals surface area contributed by atoms with Crippen molar-refractivity contribution >= 4 is 16.8 Å².